The van der Waals surface area contributed by atoms with Crippen molar-refractivity contribution in [2.45, 2.75) is 64.7 Å². The molecule has 1 N–H and O–H groups in total. The van der Waals surface area contributed by atoms with Crippen LogP contribution in [0, 0.1) is 5.92 Å². The normalized spacial score (nSPS) is 14.6. The Bertz CT molecular complexity index is 281. The highest BCUT2D eigenvalue weighted by Gasteiger charge is 2.09. The molecule has 0 bridgehead atoms. The van der Waals surface area contributed by atoms with Gasteiger partial charge < -0.3 is 5.11 Å². The second-order valence-corrected chi connectivity index (χ2v) is 6.50. The summed E-state index contributed by atoms with van der Waals surface area (Å²) in [6.07, 6.45) is 8.79. The van der Waals surface area contributed by atoms with E-state index in [2.05, 4.69) is 31.4 Å². The Balaban J connectivity index is 2.04. The Labute approximate surface area is 116 Å². The van der Waals surface area contributed by atoms with E-state index in [9.17, 15) is 0 Å². The van der Waals surface area contributed by atoms with Crippen LogP contribution in [0.25, 0.3) is 0 Å². The molecule has 0 amide bonds. The smallest absolute Gasteiger partial charge is 0.0431 e. The molecule has 0 aromatic carbocycles. The molecule has 104 valence electrons. The summed E-state index contributed by atoms with van der Waals surface area (Å²) in [6, 6.07) is 4.41. The molecule has 2 unspecified atom stereocenters. The Morgan fingerprint density at radius 3 is 2.50 bits per heavy atom. The molecule has 2 heteroatoms. The van der Waals surface area contributed by atoms with Gasteiger partial charge in [0, 0.05) is 11.5 Å². The lowest BCUT2D eigenvalue weighted by Gasteiger charge is -2.14. The van der Waals surface area contributed by atoms with E-state index in [0.29, 0.717) is 6.61 Å². The predicted molar refractivity (Wildman–Crippen MR) is 81.3 cm³/mol. The van der Waals surface area contributed by atoms with Crippen molar-refractivity contribution in [1.82, 2.24) is 0 Å². The average molecular weight is 268 g/mol. The molecule has 18 heavy (non-hydrogen) atoms. The molecule has 0 spiro atoms. The van der Waals surface area contributed by atoms with Gasteiger partial charge in [0.05, 0.1) is 0 Å². The van der Waals surface area contributed by atoms with Gasteiger partial charge in [-0.2, -0.15) is 0 Å². The van der Waals surface area contributed by atoms with Crippen LogP contribution in [0.5, 0.6) is 0 Å². The third kappa shape index (κ3) is 6.55. The Kier molecular flexibility index (Phi) is 8.36. The van der Waals surface area contributed by atoms with Crippen LogP contribution in [0.15, 0.2) is 17.5 Å². The zero-order chi connectivity index (χ0) is 13.2. The monoisotopic (exact) mass is 268 g/mol. The highest BCUT2D eigenvalue weighted by atomic mass is 32.1. The van der Waals surface area contributed by atoms with Crippen molar-refractivity contribution in [2.75, 3.05) is 6.61 Å². The van der Waals surface area contributed by atoms with Crippen molar-refractivity contribution >= 4 is 11.3 Å². The standard InChI is InChI=1S/C16H28OS/c1-14(8-5-3-4-6-12-17)10-11-15(2)16-9-7-13-18-16/h7,9,13-15,17H,3-6,8,10-12H2,1-2H3. The van der Waals surface area contributed by atoms with Gasteiger partial charge >= 0.3 is 0 Å². The quantitative estimate of drug-likeness (QED) is 0.577. The summed E-state index contributed by atoms with van der Waals surface area (Å²) >= 11 is 1.89. The van der Waals surface area contributed by atoms with E-state index in [1.54, 1.807) is 0 Å². The van der Waals surface area contributed by atoms with Crippen LogP contribution in [0.1, 0.15) is 69.6 Å². The minimum Gasteiger partial charge on any atom is -0.396 e. The number of aliphatic hydroxyl groups excluding tert-OH is 1. The third-order valence-corrected chi connectivity index (χ3v) is 4.83. The summed E-state index contributed by atoms with van der Waals surface area (Å²) in [5.74, 6) is 1.57. The maximum atomic E-state index is 8.71. The lowest BCUT2D eigenvalue weighted by Crippen LogP contribution is -1.99. The summed E-state index contributed by atoms with van der Waals surface area (Å²) in [5, 5.41) is 10.9. The number of aliphatic hydroxyl groups is 1. The van der Waals surface area contributed by atoms with Gasteiger partial charge in [0.25, 0.3) is 0 Å². The second kappa shape index (κ2) is 9.57. The molecular formula is C16H28OS. The topological polar surface area (TPSA) is 20.2 Å². The van der Waals surface area contributed by atoms with E-state index in [1.165, 1.54) is 43.4 Å². The highest BCUT2D eigenvalue weighted by molar-refractivity contribution is 7.10. The Morgan fingerprint density at radius 2 is 1.83 bits per heavy atom. The van der Waals surface area contributed by atoms with Crippen molar-refractivity contribution in [2.24, 2.45) is 5.92 Å². The molecule has 0 saturated carbocycles. The zero-order valence-electron chi connectivity index (χ0n) is 11.9. The van der Waals surface area contributed by atoms with Crippen molar-refractivity contribution in [3.8, 4) is 0 Å². The maximum Gasteiger partial charge on any atom is 0.0431 e. The van der Waals surface area contributed by atoms with Crippen LogP contribution in [0.4, 0.5) is 0 Å². The third-order valence-electron chi connectivity index (χ3n) is 3.73. The molecule has 1 rings (SSSR count). The Hall–Kier alpha value is -0.340. The first-order chi connectivity index (χ1) is 8.74. The van der Waals surface area contributed by atoms with Crippen LogP contribution in [-0.4, -0.2) is 11.7 Å². The van der Waals surface area contributed by atoms with Gasteiger partial charge in [-0.05, 0) is 36.1 Å². The molecule has 0 aliphatic heterocycles. The van der Waals surface area contributed by atoms with Crippen LogP contribution >= 0.6 is 11.3 Å². The van der Waals surface area contributed by atoms with Gasteiger partial charge in [0.1, 0.15) is 0 Å². The van der Waals surface area contributed by atoms with Crippen molar-refractivity contribution < 1.29 is 5.11 Å². The molecule has 0 aliphatic carbocycles. The van der Waals surface area contributed by atoms with Gasteiger partial charge in [-0.1, -0.05) is 52.0 Å². The molecule has 1 aromatic rings. The number of hydrogen-bond donors (Lipinski definition) is 1. The molecule has 1 nitrogen and oxygen atoms in total. The molecular weight excluding hydrogens is 240 g/mol. The average Bonchev–Trinajstić information content (AvgIpc) is 2.89. The fraction of sp³-hybridized carbons (Fsp3) is 0.750. The van der Waals surface area contributed by atoms with E-state index in [4.69, 9.17) is 5.11 Å². The first-order valence-electron chi connectivity index (χ1n) is 7.38. The summed E-state index contributed by atoms with van der Waals surface area (Å²) in [5.41, 5.74) is 0. The number of hydrogen-bond acceptors (Lipinski definition) is 2. The van der Waals surface area contributed by atoms with Crippen LogP contribution < -0.4 is 0 Å². The second-order valence-electron chi connectivity index (χ2n) is 5.53. The summed E-state index contributed by atoms with van der Waals surface area (Å²) in [7, 11) is 0. The Morgan fingerprint density at radius 1 is 1.06 bits per heavy atom. The SMILES string of the molecule is CC(CCCCCCO)CCC(C)c1cccs1. The van der Waals surface area contributed by atoms with Crippen LogP contribution in [0.2, 0.25) is 0 Å². The van der Waals surface area contributed by atoms with Crippen LogP contribution in [-0.2, 0) is 0 Å². The summed E-state index contributed by atoms with van der Waals surface area (Å²) < 4.78 is 0. The van der Waals surface area contributed by atoms with E-state index >= 15 is 0 Å². The van der Waals surface area contributed by atoms with Gasteiger partial charge in [-0.3, -0.25) is 0 Å². The van der Waals surface area contributed by atoms with Crippen molar-refractivity contribution in [3.63, 3.8) is 0 Å². The van der Waals surface area contributed by atoms with E-state index in [-0.39, 0.29) is 0 Å². The molecule has 0 saturated heterocycles. The molecule has 2 atom stereocenters. The van der Waals surface area contributed by atoms with Gasteiger partial charge in [0.2, 0.25) is 0 Å². The zero-order valence-corrected chi connectivity index (χ0v) is 12.7. The highest BCUT2D eigenvalue weighted by Crippen LogP contribution is 2.27. The summed E-state index contributed by atoms with van der Waals surface area (Å²) in [4.78, 5) is 1.53. The van der Waals surface area contributed by atoms with Gasteiger partial charge in [-0.15, -0.1) is 11.3 Å². The molecule has 0 radical (unpaired) electrons. The first-order valence-corrected chi connectivity index (χ1v) is 8.26. The number of thiophene rings is 1. The predicted octanol–water partition coefficient (Wildman–Crippen LogP) is 5.21. The largest absolute Gasteiger partial charge is 0.396 e. The van der Waals surface area contributed by atoms with Crippen molar-refractivity contribution in [3.05, 3.63) is 22.4 Å². The minimum absolute atomic E-state index is 0.355. The molecule has 0 fully saturated rings. The molecule has 1 aromatic heterocycles. The fourth-order valence-electron chi connectivity index (χ4n) is 2.35. The minimum atomic E-state index is 0.355. The van der Waals surface area contributed by atoms with E-state index < -0.39 is 0 Å². The van der Waals surface area contributed by atoms with E-state index in [0.717, 1.165) is 18.3 Å². The summed E-state index contributed by atoms with van der Waals surface area (Å²) in [6.45, 7) is 5.08. The molecule has 1 heterocycles. The lowest BCUT2D eigenvalue weighted by molar-refractivity contribution is 0.281. The number of unbranched alkanes of at least 4 members (excludes halogenated alkanes) is 3. The molecule has 0 aliphatic rings. The lowest BCUT2D eigenvalue weighted by atomic mass is 9.93. The number of rotatable bonds is 10. The van der Waals surface area contributed by atoms with E-state index in [1.807, 2.05) is 11.3 Å². The first kappa shape index (κ1) is 15.7. The maximum absolute atomic E-state index is 8.71. The van der Waals surface area contributed by atoms with Crippen molar-refractivity contribution in [1.29, 1.82) is 0 Å². The van der Waals surface area contributed by atoms with Gasteiger partial charge in [-0.25, -0.2) is 0 Å². The van der Waals surface area contributed by atoms with Crippen LogP contribution in [0.3, 0.4) is 0 Å². The van der Waals surface area contributed by atoms with Gasteiger partial charge in [0.15, 0.2) is 0 Å². The fourth-order valence-corrected chi connectivity index (χ4v) is 3.17.